The first-order valence-electron chi connectivity index (χ1n) is 12.1. The van der Waals surface area contributed by atoms with E-state index in [2.05, 4.69) is 15.0 Å². The second-order valence-corrected chi connectivity index (χ2v) is 9.40. The zero-order valence-electron chi connectivity index (χ0n) is 21.3. The van der Waals surface area contributed by atoms with Gasteiger partial charge in [0.1, 0.15) is 23.2 Å². The average Bonchev–Trinajstić information content (AvgIpc) is 3.30. The van der Waals surface area contributed by atoms with Gasteiger partial charge in [0.2, 0.25) is 0 Å². The lowest BCUT2D eigenvalue weighted by molar-refractivity contribution is -0.138. The minimum atomic E-state index is -4.46. The number of anilines is 1. The SMILES string of the molecule is Cc1c(C(C)N=c2nc(C)n(C)c3cnc(N4CCn5c(C(F)F)cnc5C4)cc23)cccc1C(F)(F)F. The maximum absolute atomic E-state index is 13.5. The third-order valence-corrected chi connectivity index (χ3v) is 7.11. The molecule has 4 heterocycles. The maximum atomic E-state index is 13.5. The Morgan fingerprint density at radius 2 is 1.82 bits per heavy atom. The molecule has 0 amide bonds. The zero-order valence-corrected chi connectivity index (χ0v) is 21.3. The number of aromatic nitrogens is 5. The maximum Gasteiger partial charge on any atom is 0.416 e. The highest BCUT2D eigenvalue weighted by Crippen LogP contribution is 2.35. The lowest BCUT2D eigenvalue weighted by Gasteiger charge is -2.29. The number of halogens is 5. The molecule has 0 bridgehead atoms. The third-order valence-electron chi connectivity index (χ3n) is 7.11. The van der Waals surface area contributed by atoms with Crippen LogP contribution in [-0.2, 0) is 26.3 Å². The molecule has 0 radical (unpaired) electrons. The average molecular weight is 532 g/mol. The third kappa shape index (κ3) is 4.52. The van der Waals surface area contributed by atoms with Gasteiger partial charge in [-0.05, 0) is 44.0 Å². The Bertz CT molecular complexity index is 1590. The summed E-state index contributed by atoms with van der Waals surface area (Å²) >= 11 is 0. The van der Waals surface area contributed by atoms with Crippen LogP contribution in [0.1, 0.15) is 53.4 Å². The summed E-state index contributed by atoms with van der Waals surface area (Å²) in [6, 6.07) is 5.34. The molecule has 1 unspecified atom stereocenters. The Labute approximate surface area is 215 Å². The van der Waals surface area contributed by atoms with E-state index in [1.807, 2.05) is 29.5 Å². The number of pyridine rings is 1. The molecule has 5 rings (SSSR count). The molecule has 0 N–H and O–H groups in total. The van der Waals surface area contributed by atoms with Gasteiger partial charge in [0, 0.05) is 25.5 Å². The van der Waals surface area contributed by atoms with Gasteiger partial charge < -0.3 is 14.0 Å². The quantitative estimate of drug-likeness (QED) is 0.330. The van der Waals surface area contributed by atoms with E-state index in [-0.39, 0.29) is 11.3 Å². The lowest BCUT2D eigenvalue weighted by atomic mass is 9.97. The molecule has 1 aliphatic heterocycles. The van der Waals surface area contributed by atoms with E-state index in [4.69, 9.17) is 4.99 Å². The summed E-state index contributed by atoms with van der Waals surface area (Å²) in [5, 5.41) is 0.682. The van der Waals surface area contributed by atoms with Crippen molar-refractivity contribution in [2.75, 3.05) is 11.4 Å². The Hall–Kier alpha value is -3.83. The number of rotatable bonds is 4. The molecule has 12 heteroatoms. The molecule has 200 valence electrons. The van der Waals surface area contributed by atoms with Crippen LogP contribution in [0.3, 0.4) is 0 Å². The van der Waals surface area contributed by atoms with Gasteiger partial charge in [0.15, 0.2) is 5.49 Å². The van der Waals surface area contributed by atoms with E-state index in [0.29, 0.717) is 53.5 Å². The van der Waals surface area contributed by atoms with Gasteiger partial charge in [0.25, 0.3) is 6.43 Å². The number of nitrogens with zero attached hydrogens (tertiary/aromatic N) is 7. The van der Waals surface area contributed by atoms with Gasteiger partial charge in [0.05, 0.1) is 36.1 Å². The Balaban J connectivity index is 1.57. The number of imidazole rings is 1. The predicted molar refractivity (Wildman–Crippen MR) is 132 cm³/mol. The van der Waals surface area contributed by atoms with Gasteiger partial charge in [-0.25, -0.2) is 23.7 Å². The molecule has 3 aromatic heterocycles. The lowest BCUT2D eigenvalue weighted by Crippen LogP contribution is -2.35. The molecular formula is C26H26F5N7. The van der Waals surface area contributed by atoms with Crippen molar-refractivity contribution in [2.45, 2.75) is 52.5 Å². The fourth-order valence-corrected chi connectivity index (χ4v) is 4.94. The molecular weight excluding hydrogens is 505 g/mol. The topological polar surface area (TPSA) is 64.1 Å². The van der Waals surface area contributed by atoms with Crippen molar-refractivity contribution in [2.24, 2.45) is 12.0 Å². The van der Waals surface area contributed by atoms with Gasteiger partial charge in [-0.1, -0.05) is 12.1 Å². The summed E-state index contributed by atoms with van der Waals surface area (Å²) in [5.41, 5.74) is 0.961. The number of aryl methyl sites for hydroxylation is 2. The van der Waals surface area contributed by atoms with Crippen LogP contribution in [0, 0.1) is 13.8 Å². The van der Waals surface area contributed by atoms with Crippen molar-refractivity contribution in [3.63, 3.8) is 0 Å². The molecule has 1 aromatic carbocycles. The molecule has 0 spiro atoms. The predicted octanol–water partition coefficient (Wildman–Crippen LogP) is 5.42. The highest BCUT2D eigenvalue weighted by Gasteiger charge is 2.33. The second kappa shape index (κ2) is 9.48. The number of alkyl halides is 5. The van der Waals surface area contributed by atoms with E-state index < -0.39 is 24.2 Å². The van der Waals surface area contributed by atoms with Crippen molar-refractivity contribution < 1.29 is 22.0 Å². The first-order valence-corrected chi connectivity index (χ1v) is 12.1. The minimum Gasteiger partial charge on any atom is -0.347 e. The molecule has 0 saturated heterocycles. The summed E-state index contributed by atoms with van der Waals surface area (Å²) in [6.07, 6.45) is -4.15. The van der Waals surface area contributed by atoms with Crippen LogP contribution in [0.2, 0.25) is 0 Å². The van der Waals surface area contributed by atoms with E-state index in [1.165, 1.54) is 23.8 Å². The molecule has 0 fully saturated rings. The summed E-state index contributed by atoms with van der Waals surface area (Å²) in [6.45, 7) is 6.12. The van der Waals surface area contributed by atoms with Crippen molar-refractivity contribution in [1.82, 2.24) is 24.1 Å². The van der Waals surface area contributed by atoms with E-state index in [1.54, 1.807) is 19.2 Å². The van der Waals surface area contributed by atoms with Crippen LogP contribution in [0.5, 0.6) is 0 Å². The monoisotopic (exact) mass is 531 g/mol. The van der Waals surface area contributed by atoms with Crippen LogP contribution in [0.4, 0.5) is 27.8 Å². The molecule has 0 aliphatic carbocycles. The van der Waals surface area contributed by atoms with Gasteiger partial charge in [-0.15, -0.1) is 0 Å². The standard InChI is InChI=1S/C26H26F5N7/c1-14-17(6-5-7-19(14)26(29,30)31)15(2)34-25-18-10-22(32-11-20(18)36(4)16(3)35-25)37-8-9-38-21(24(27)28)12-33-23(38)13-37/h5-7,10-12,15,24H,8-9,13H2,1-4H3. The Morgan fingerprint density at radius 1 is 1.05 bits per heavy atom. The Kier molecular flexibility index (Phi) is 6.44. The minimum absolute atomic E-state index is 0.0993. The van der Waals surface area contributed by atoms with Gasteiger partial charge in [-0.2, -0.15) is 13.2 Å². The van der Waals surface area contributed by atoms with Crippen LogP contribution < -0.4 is 10.4 Å². The highest BCUT2D eigenvalue weighted by molar-refractivity contribution is 5.80. The molecule has 0 saturated carbocycles. The van der Waals surface area contributed by atoms with E-state index in [0.717, 1.165) is 11.6 Å². The number of benzene rings is 1. The summed E-state index contributed by atoms with van der Waals surface area (Å²) in [7, 11) is 1.85. The molecule has 4 aromatic rings. The number of hydrogen-bond acceptors (Lipinski definition) is 5. The molecule has 38 heavy (non-hydrogen) atoms. The van der Waals surface area contributed by atoms with Crippen molar-refractivity contribution in [3.8, 4) is 0 Å². The smallest absolute Gasteiger partial charge is 0.347 e. The first-order chi connectivity index (χ1) is 18.0. The van der Waals surface area contributed by atoms with E-state index >= 15 is 0 Å². The molecule has 7 nitrogen and oxygen atoms in total. The highest BCUT2D eigenvalue weighted by atomic mass is 19.4. The van der Waals surface area contributed by atoms with Crippen molar-refractivity contribution >= 4 is 16.7 Å². The largest absolute Gasteiger partial charge is 0.416 e. The first kappa shape index (κ1) is 25.8. The zero-order chi connectivity index (χ0) is 27.4. The second-order valence-electron chi connectivity index (χ2n) is 9.40. The fourth-order valence-electron chi connectivity index (χ4n) is 4.94. The van der Waals surface area contributed by atoms with Crippen molar-refractivity contribution in [3.05, 3.63) is 76.2 Å². The number of fused-ring (bicyclic) bond motifs is 2. The number of hydrogen-bond donors (Lipinski definition) is 0. The van der Waals surface area contributed by atoms with Crippen LogP contribution in [0.15, 0.2) is 41.7 Å². The molecule has 1 aliphatic rings. The summed E-state index contributed by atoms with van der Waals surface area (Å²) < 4.78 is 70.4. The van der Waals surface area contributed by atoms with Gasteiger partial charge >= 0.3 is 6.18 Å². The summed E-state index contributed by atoms with van der Waals surface area (Å²) in [5.74, 6) is 1.80. The van der Waals surface area contributed by atoms with Crippen LogP contribution >= 0.6 is 0 Å². The fraction of sp³-hybridized carbons (Fsp3) is 0.385. The Morgan fingerprint density at radius 3 is 2.53 bits per heavy atom. The van der Waals surface area contributed by atoms with Crippen LogP contribution in [-0.4, -0.2) is 30.6 Å². The van der Waals surface area contributed by atoms with Gasteiger partial charge in [-0.3, -0.25) is 4.99 Å². The normalized spacial score (nSPS) is 15.4. The van der Waals surface area contributed by atoms with Crippen LogP contribution in [0.25, 0.3) is 10.9 Å². The molecule has 1 atom stereocenters. The summed E-state index contributed by atoms with van der Waals surface area (Å²) in [4.78, 5) is 20.1. The van der Waals surface area contributed by atoms with E-state index in [9.17, 15) is 22.0 Å². The van der Waals surface area contributed by atoms with Crippen molar-refractivity contribution in [1.29, 1.82) is 0 Å².